The summed E-state index contributed by atoms with van der Waals surface area (Å²) in [5.41, 5.74) is 4.29. The molecule has 0 aliphatic carbocycles. The predicted octanol–water partition coefficient (Wildman–Crippen LogP) is 0.410. The number of hydrogen-bond donors (Lipinski definition) is 2. The number of rotatable bonds is 3. The first-order chi connectivity index (χ1) is 10.9. The van der Waals surface area contributed by atoms with Gasteiger partial charge in [-0.25, -0.2) is 19.7 Å². The lowest BCUT2D eigenvalue weighted by Crippen LogP contribution is -2.40. The highest BCUT2D eigenvalue weighted by Crippen LogP contribution is 2.25. The molecule has 0 aromatic carbocycles. The summed E-state index contributed by atoms with van der Waals surface area (Å²) in [4.78, 5) is 8.84. The van der Waals surface area contributed by atoms with Crippen LogP contribution in [-0.4, -0.2) is 64.2 Å². The molecule has 2 aromatic rings. The van der Waals surface area contributed by atoms with Crippen LogP contribution in [0.25, 0.3) is 11.0 Å². The number of hydrogen-bond acceptors (Lipinski definition) is 7. The molecule has 8 nitrogen and oxygen atoms in total. The van der Waals surface area contributed by atoms with Crippen molar-refractivity contribution < 1.29 is 4.74 Å². The molecular formula is C14H21N7O. The Hall–Kier alpha value is -1.77. The molecule has 2 aromatic heterocycles. The van der Waals surface area contributed by atoms with Gasteiger partial charge in [0, 0.05) is 13.1 Å². The van der Waals surface area contributed by atoms with Gasteiger partial charge in [-0.05, 0) is 25.9 Å². The summed E-state index contributed by atoms with van der Waals surface area (Å²) in [5, 5.41) is 11.1. The molecule has 118 valence electrons. The molecule has 0 radical (unpaired) electrons. The summed E-state index contributed by atoms with van der Waals surface area (Å²) < 4.78 is 7.43. The molecule has 4 rings (SSSR count). The first-order valence-corrected chi connectivity index (χ1v) is 7.90. The summed E-state index contributed by atoms with van der Waals surface area (Å²) in [6.45, 7) is 5.28. The van der Waals surface area contributed by atoms with Crippen molar-refractivity contribution in [3.8, 4) is 0 Å². The first kappa shape index (κ1) is 13.9. The maximum absolute atomic E-state index is 5.37. The molecule has 2 saturated heterocycles. The lowest BCUT2D eigenvalue weighted by atomic mass is 10.1. The van der Waals surface area contributed by atoms with Crippen molar-refractivity contribution in [1.29, 1.82) is 0 Å². The number of anilines is 1. The van der Waals surface area contributed by atoms with E-state index in [1.165, 1.54) is 0 Å². The monoisotopic (exact) mass is 303 g/mol. The smallest absolute Gasteiger partial charge is 0.163 e. The van der Waals surface area contributed by atoms with Crippen LogP contribution >= 0.6 is 0 Å². The number of nitrogens with one attached hydrogen (secondary N) is 2. The summed E-state index contributed by atoms with van der Waals surface area (Å²) in [6.07, 6.45) is 5.67. The highest BCUT2D eigenvalue weighted by molar-refractivity contribution is 5.85. The zero-order chi connectivity index (χ0) is 14.8. The first-order valence-electron chi connectivity index (χ1n) is 7.90. The third-order valence-electron chi connectivity index (χ3n) is 4.32. The van der Waals surface area contributed by atoms with Gasteiger partial charge in [0.1, 0.15) is 6.33 Å². The van der Waals surface area contributed by atoms with E-state index >= 15 is 0 Å². The summed E-state index contributed by atoms with van der Waals surface area (Å²) in [6, 6.07) is 0.421. The molecule has 0 unspecified atom stereocenters. The molecule has 0 amide bonds. The van der Waals surface area contributed by atoms with Crippen LogP contribution in [0, 0.1) is 0 Å². The van der Waals surface area contributed by atoms with Crippen molar-refractivity contribution in [2.75, 3.05) is 44.8 Å². The normalized spacial score (nSPS) is 21.3. The van der Waals surface area contributed by atoms with Crippen molar-refractivity contribution >= 4 is 16.9 Å². The van der Waals surface area contributed by atoms with Crippen LogP contribution in [0.4, 0.5) is 5.82 Å². The Kier molecular flexibility index (Phi) is 3.88. The summed E-state index contributed by atoms with van der Waals surface area (Å²) in [7, 11) is 0. The van der Waals surface area contributed by atoms with Crippen molar-refractivity contribution in [3.05, 3.63) is 12.5 Å². The molecule has 0 atom stereocenters. The molecule has 0 bridgehead atoms. The fraction of sp³-hybridized carbons (Fsp3) is 0.643. The highest BCUT2D eigenvalue weighted by atomic mass is 16.5. The average molecular weight is 303 g/mol. The molecule has 0 spiro atoms. The lowest BCUT2D eigenvalue weighted by molar-refractivity contribution is 0.0495. The standard InChI is InChI=1S/C14H21N7O/c1-3-15-4-2-11(1)21-14-12(9-18-21)13(16-10-17-14)19-20-5-7-22-8-6-20/h9-11,15H,1-8H2,(H,16,17,19). The van der Waals surface area contributed by atoms with Crippen molar-refractivity contribution in [2.24, 2.45) is 0 Å². The number of nitrogens with zero attached hydrogens (tertiary/aromatic N) is 5. The Balaban J connectivity index is 1.61. The predicted molar refractivity (Wildman–Crippen MR) is 82.5 cm³/mol. The second-order valence-electron chi connectivity index (χ2n) is 5.74. The van der Waals surface area contributed by atoms with E-state index in [0.717, 1.165) is 69.1 Å². The average Bonchev–Trinajstić information content (AvgIpc) is 3.02. The van der Waals surface area contributed by atoms with Crippen molar-refractivity contribution in [3.63, 3.8) is 0 Å². The maximum Gasteiger partial charge on any atom is 0.163 e. The molecule has 0 saturated carbocycles. The topological polar surface area (TPSA) is 80.1 Å². The Morgan fingerprint density at radius 1 is 1.18 bits per heavy atom. The van der Waals surface area contributed by atoms with Gasteiger partial charge < -0.3 is 15.5 Å². The number of ether oxygens (including phenoxy) is 1. The Morgan fingerprint density at radius 2 is 2.00 bits per heavy atom. The third-order valence-corrected chi connectivity index (χ3v) is 4.32. The van der Waals surface area contributed by atoms with Crippen LogP contribution in [0.15, 0.2) is 12.5 Å². The van der Waals surface area contributed by atoms with Crippen LogP contribution in [0.1, 0.15) is 18.9 Å². The van der Waals surface area contributed by atoms with E-state index in [4.69, 9.17) is 4.74 Å². The fourth-order valence-electron chi connectivity index (χ4n) is 3.09. The van der Waals surface area contributed by atoms with E-state index in [2.05, 4.69) is 35.5 Å². The minimum Gasteiger partial charge on any atom is -0.379 e. The number of piperidine rings is 1. The van der Waals surface area contributed by atoms with Crippen LogP contribution in [0.3, 0.4) is 0 Å². The van der Waals surface area contributed by atoms with Crippen molar-refractivity contribution in [1.82, 2.24) is 30.1 Å². The second-order valence-corrected chi connectivity index (χ2v) is 5.74. The summed E-state index contributed by atoms with van der Waals surface area (Å²) in [5.74, 6) is 0.826. The van der Waals surface area contributed by atoms with E-state index in [0.29, 0.717) is 6.04 Å². The van der Waals surface area contributed by atoms with Gasteiger partial charge in [0.25, 0.3) is 0 Å². The van der Waals surface area contributed by atoms with Crippen LogP contribution < -0.4 is 10.7 Å². The zero-order valence-corrected chi connectivity index (χ0v) is 12.5. The van der Waals surface area contributed by atoms with E-state index in [9.17, 15) is 0 Å². The molecule has 2 aliphatic heterocycles. The molecule has 22 heavy (non-hydrogen) atoms. The third kappa shape index (κ3) is 2.65. The molecule has 8 heteroatoms. The second kappa shape index (κ2) is 6.15. The largest absolute Gasteiger partial charge is 0.379 e. The zero-order valence-electron chi connectivity index (χ0n) is 12.5. The van der Waals surface area contributed by atoms with E-state index < -0.39 is 0 Å². The molecule has 2 aliphatic rings. The van der Waals surface area contributed by atoms with Gasteiger partial charge in [0.05, 0.1) is 30.8 Å². The van der Waals surface area contributed by atoms with Crippen molar-refractivity contribution in [2.45, 2.75) is 18.9 Å². The Bertz CT molecular complexity index is 631. The van der Waals surface area contributed by atoms with Crippen LogP contribution in [0.2, 0.25) is 0 Å². The number of fused-ring (bicyclic) bond motifs is 1. The van der Waals surface area contributed by atoms with Gasteiger partial charge in [-0.1, -0.05) is 0 Å². The van der Waals surface area contributed by atoms with Gasteiger partial charge in [-0.3, -0.25) is 0 Å². The molecule has 2 N–H and O–H groups in total. The van der Waals surface area contributed by atoms with Gasteiger partial charge >= 0.3 is 0 Å². The lowest BCUT2D eigenvalue weighted by Gasteiger charge is -2.27. The van der Waals surface area contributed by atoms with Gasteiger partial charge in [0.15, 0.2) is 11.5 Å². The van der Waals surface area contributed by atoms with Gasteiger partial charge in [0.2, 0.25) is 0 Å². The number of aromatic nitrogens is 4. The molecule has 4 heterocycles. The Morgan fingerprint density at radius 3 is 2.82 bits per heavy atom. The summed E-state index contributed by atoms with van der Waals surface area (Å²) >= 11 is 0. The molecule has 2 fully saturated rings. The highest BCUT2D eigenvalue weighted by Gasteiger charge is 2.20. The quantitative estimate of drug-likeness (QED) is 0.850. The SMILES string of the molecule is c1nc(NN2CCOCC2)c2cnn(C3CCNCC3)c2n1. The molecular weight excluding hydrogens is 282 g/mol. The fourth-order valence-corrected chi connectivity index (χ4v) is 3.09. The minimum absolute atomic E-state index is 0.421. The minimum atomic E-state index is 0.421. The number of morpholine rings is 1. The van der Waals surface area contributed by atoms with Crippen LogP contribution in [-0.2, 0) is 4.74 Å². The van der Waals surface area contributed by atoms with Crippen LogP contribution in [0.5, 0.6) is 0 Å². The van der Waals surface area contributed by atoms with Gasteiger partial charge in [-0.15, -0.1) is 0 Å². The number of hydrazine groups is 1. The maximum atomic E-state index is 5.37. The van der Waals surface area contributed by atoms with Gasteiger partial charge in [-0.2, -0.15) is 5.10 Å². The Labute approximate surface area is 128 Å². The van der Waals surface area contributed by atoms with E-state index in [1.54, 1.807) is 6.33 Å². The van der Waals surface area contributed by atoms with E-state index in [1.807, 2.05) is 6.20 Å². The van der Waals surface area contributed by atoms with E-state index in [-0.39, 0.29) is 0 Å².